The first kappa shape index (κ1) is 11.0. The minimum Gasteiger partial charge on any atom is -0.460 e. The molecule has 0 atom stereocenters. The van der Waals surface area contributed by atoms with Gasteiger partial charge in [0.05, 0.1) is 11.6 Å². The molecule has 0 aliphatic heterocycles. The highest BCUT2D eigenvalue weighted by Gasteiger charge is 2.19. The lowest BCUT2D eigenvalue weighted by molar-refractivity contribution is 0.0491. The van der Waals surface area contributed by atoms with Gasteiger partial charge in [-0.2, -0.15) is 0 Å². The second-order valence-electron chi connectivity index (χ2n) is 3.39. The Morgan fingerprint density at radius 3 is 2.88 bits per heavy atom. The molecule has 2 rings (SSSR count). The lowest BCUT2D eigenvalue weighted by Crippen LogP contribution is -2.04. The van der Waals surface area contributed by atoms with Crippen LogP contribution >= 0.6 is 11.6 Å². The number of rotatable bonds is 2. The molecule has 0 aliphatic rings. The number of furan rings is 1. The third kappa shape index (κ3) is 1.67. The lowest BCUT2D eigenvalue weighted by Gasteiger charge is -1.97. The number of hydrogen-bond donors (Lipinski definition) is 0. The number of carbonyl (C=O) groups excluding carboxylic acids is 1. The smallest absolute Gasteiger partial charge is 0.374 e. The van der Waals surface area contributed by atoms with Crippen molar-refractivity contribution in [1.29, 1.82) is 0 Å². The Bertz CT molecular complexity index is 542. The summed E-state index contributed by atoms with van der Waals surface area (Å²) in [6.07, 6.45) is 0. The van der Waals surface area contributed by atoms with Gasteiger partial charge in [-0.15, -0.1) is 0 Å². The highest BCUT2D eigenvalue weighted by Crippen LogP contribution is 2.30. The molecule has 0 amide bonds. The molecule has 3 nitrogen and oxygen atoms in total. The van der Waals surface area contributed by atoms with E-state index < -0.39 is 5.97 Å². The van der Waals surface area contributed by atoms with Crippen LogP contribution in [0.25, 0.3) is 11.0 Å². The third-order valence-corrected chi connectivity index (χ3v) is 2.67. The number of carbonyl (C=O) groups is 1. The van der Waals surface area contributed by atoms with E-state index in [1.807, 2.05) is 19.1 Å². The topological polar surface area (TPSA) is 39.4 Å². The summed E-state index contributed by atoms with van der Waals surface area (Å²) in [5, 5.41) is 1.34. The second-order valence-corrected chi connectivity index (χ2v) is 3.80. The highest BCUT2D eigenvalue weighted by molar-refractivity contribution is 6.35. The molecule has 0 unspecified atom stereocenters. The molecule has 0 spiro atoms. The maximum atomic E-state index is 11.6. The van der Waals surface area contributed by atoms with E-state index in [4.69, 9.17) is 20.8 Å². The van der Waals surface area contributed by atoms with E-state index in [0.29, 0.717) is 17.2 Å². The second kappa shape index (κ2) is 4.18. The van der Waals surface area contributed by atoms with E-state index in [-0.39, 0.29) is 5.76 Å². The summed E-state index contributed by atoms with van der Waals surface area (Å²) in [6.45, 7) is 3.89. The van der Waals surface area contributed by atoms with Crippen molar-refractivity contribution >= 4 is 28.5 Å². The van der Waals surface area contributed by atoms with Crippen LogP contribution in [0.5, 0.6) is 0 Å². The molecule has 0 N–H and O–H groups in total. The quantitative estimate of drug-likeness (QED) is 0.751. The summed E-state index contributed by atoms with van der Waals surface area (Å²) in [7, 11) is 0. The number of ether oxygens (including phenoxy) is 1. The summed E-state index contributed by atoms with van der Waals surface area (Å²) >= 11 is 5.98. The maximum absolute atomic E-state index is 11.6. The number of halogens is 1. The predicted molar refractivity (Wildman–Crippen MR) is 61.9 cm³/mol. The predicted octanol–water partition coefficient (Wildman–Crippen LogP) is 3.57. The first-order valence-electron chi connectivity index (χ1n) is 5.00. The van der Waals surface area contributed by atoms with Crippen molar-refractivity contribution in [3.8, 4) is 0 Å². The molecule has 4 heteroatoms. The van der Waals surface area contributed by atoms with Gasteiger partial charge >= 0.3 is 5.97 Å². The van der Waals surface area contributed by atoms with Crippen LogP contribution in [0.3, 0.4) is 0 Å². The third-order valence-electron chi connectivity index (χ3n) is 2.38. The van der Waals surface area contributed by atoms with E-state index >= 15 is 0 Å². The molecule has 1 aromatic carbocycles. The summed E-state index contributed by atoms with van der Waals surface area (Å²) < 4.78 is 10.3. The Morgan fingerprint density at radius 1 is 1.50 bits per heavy atom. The van der Waals surface area contributed by atoms with E-state index in [0.717, 1.165) is 10.9 Å². The van der Waals surface area contributed by atoms with Gasteiger partial charge in [0.1, 0.15) is 0 Å². The minimum absolute atomic E-state index is 0.227. The largest absolute Gasteiger partial charge is 0.460 e. The van der Waals surface area contributed by atoms with Gasteiger partial charge < -0.3 is 9.15 Å². The fourth-order valence-electron chi connectivity index (χ4n) is 1.60. The van der Waals surface area contributed by atoms with Crippen LogP contribution < -0.4 is 0 Å². The van der Waals surface area contributed by atoms with Crippen molar-refractivity contribution in [2.24, 2.45) is 0 Å². The van der Waals surface area contributed by atoms with Crippen molar-refractivity contribution < 1.29 is 13.9 Å². The molecule has 0 aliphatic carbocycles. The maximum Gasteiger partial charge on any atom is 0.374 e. The Kier molecular flexibility index (Phi) is 2.88. The average Bonchev–Trinajstić information content (AvgIpc) is 2.59. The molecule has 0 radical (unpaired) electrons. The number of para-hydroxylation sites is 1. The fourth-order valence-corrected chi connectivity index (χ4v) is 1.81. The molecule has 0 bridgehead atoms. The van der Waals surface area contributed by atoms with Crippen LogP contribution in [0, 0.1) is 6.92 Å². The first-order chi connectivity index (χ1) is 7.65. The standard InChI is InChI=1S/C12H11ClO3/c1-3-15-12(14)10-7(2)8-5-4-6-9(13)11(8)16-10/h4-6H,3H2,1-2H3. The van der Waals surface area contributed by atoms with Gasteiger partial charge in [0.25, 0.3) is 0 Å². The van der Waals surface area contributed by atoms with E-state index in [9.17, 15) is 4.79 Å². The summed E-state index contributed by atoms with van der Waals surface area (Å²) in [5.74, 6) is -0.225. The minimum atomic E-state index is -0.452. The Morgan fingerprint density at radius 2 is 2.25 bits per heavy atom. The highest BCUT2D eigenvalue weighted by atomic mass is 35.5. The zero-order valence-corrected chi connectivity index (χ0v) is 9.80. The van der Waals surface area contributed by atoms with Gasteiger partial charge in [-0.1, -0.05) is 23.7 Å². The summed E-state index contributed by atoms with van der Waals surface area (Å²) in [6, 6.07) is 5.41. The molecule has 0 saturated carbocycles. The average molecular weight is 239 g/mol. The van der Waals surface area contributed by atoms with Gasteiger partial charge in [0.15, 0.2) is 5.58 Å². The molecule has 1 heterocycles. The molecule has 0 saturated heterocycles. The van der Waals surface area contributed by atoms with Crippen LogP contribution in [0.1, 0.15) is 23.0 Å². The van der Waals surface area contributed by atoms with Gasteiger partial charge in [-0.3, -0.25) is 0 Å². The normalized spacial score (nSPS) is 10.7. The van der Waals surface area contributed by atoms with Crippen LogP contribution in [-0.2, 0) is 4.74 Å². The van der Waals surface area contributed by atoms with Crippen molar-refractivity contribution in [3.63, 3.8) is 0 Å². The monoisotopic (exact) mass is 238 g/mol. The number of fused-ring (bicyclic) bond motifs is 1. The molecule has 0 fully saturated rings. The molecule has 2 aromatic rings. The van der Waals surface area contributed by atoms with Crippen LogP contribution in [0.15, 0.2) is 22.6 Å². The van der Waals surface area contributed by atoms with Gasteiger partial charge in [-0.25, -0.2) is 4.79 Å². The fraction of sp³-hybridized carbons (Fsp3) is 0.250. The first-order valence-corrected chi connectivity index (χ1v) is 5.37. The SMILES string of the molecule is CCOC(=O)c1oc2c(Cl)cccc2c1C. The summed E-state index contributed by atoms with van der Waals surface area (Å²) in [5.41, 5.74) is 1.29. The van der Waals surface area contributed by atoms with Gasteiger partial charge in [-0.05, 0) is 19.9 Å². The molecular formula is C12H11ClO3. The molecule has 1 aromatic heterocycles. The zero-order chi connectivity index (χ0) is 11.7. The molecule has 16 heavy (non-hydrogen) atoms. The van der Waals surface area contributed by atoms with Gasteiger partial charge in [0.2, 0.25) is 5.76 Å². The Balaban J connectivity index is 2.60. The van der Waals surface area contributed by atoms with Crippen LogP contribution in [-0.4, -0.2) is 12.6 Å². The van der Waals surface area contributed by atoms with Crippen molar-refractivity contribution in [2.75, 3.05) is 6.61 Å². The Hall–Kier alpha value is -1.48. The molecule has 84 valence electrons. The van der Waals surface area contributed by atoms with Crippen LogP contribution in [0.2, 0.25) is 5.02 Å². The zero-order valence-electron chi connectivity index (χ0n) is 9.04. The van der Waals surface area contributed by atoms with E-state index in [1.54, 1.807) is 13.0 Å². The van der Waals surface area contributed by atoms with E-state index in [2.05, 4.69) is 0 Å². The number of aryl methyl sites for hydroxylation is 1. The number of hydrogen-bond acceptors (Lipinski definition) is 3. The van der Waals surface area contributed by atoms with Crippen molar-refractivity contribution in [2.45, 2.75) is 13.8 Å². The van der Waals surface area contributed by atoms with Crippen LogP contribution in [0.4, 0.5) is 0 Å². The number of esters is 1. The Labute approximate surface area is 97.9 Å². The van der Waals surface area contributed by atoms with Crippen molar-refractivity contribution in [1.82, 2.24) is 0 Å². The van der Waals surface area contributed by atoms with Crippen molar-refractivity contribution in [3.05, 3.63) is 34.5 Å². The summed E-state index contributed by atoms with van der Waals surface area (Å²) in [4.78, 5) is 11.6. The molecular weight excluding hydrogens is 228 g/mol. The van der Waals surface area contributed by atoms with E-state index in [1.165, 1.54) is 0 Å². The number of benzene rings is 1. The van der Waals surface area contributed by atoms with Gasteiger partial charge in [0, 0.05) is 10.9 Å². The lowest BCUT2D eigenvalue weighted by atomic mass is 10.1.